The summed E-state index contributed by atoms with van der Waals surface area (Å²) in [6, 6.07) is 16.4. The van der Waals surface area contributed by atoms with Gasteiger partial charge >= 0.3 is 0 Å². The van der Waals surface area contributed by atoms with Gasteiger partial charge in [-0.3, -0.25) is 9.78 Å². The number of carbonyl (C=O) groups is 1. The van der Waals surface area contributed by atoms with Crippen LogP contribution in [0.1, 0.15) is 41.4 Å². The molecule has 3 heterocycles. The van der Waals surface area contributed by atoms with Crippen LogP contribution < -0.4 is 5.32 Å². The second-order valence-corrected chi connectivity index (χ2v) is 7.08. The second-order valence-electron chi connectivity index (χ2n) is 7.08. The number of nitrogens with one attached hydrogen (secondary N) is 1. The first-order valence-electron chi connectivity index (χ1n) is 9.80. The minimum atomic E-state index is -0.262. The Hall–Kier alpha value is -4.31. The standard InChI is InChI=1S/C24H20N6O/c1-17(2)30-16-26-29-23(30)21-7-4-8-22(27-21)28-24(31)20-6-3-5-19(15-20)10-9-18-11-13-25-14-12-18/h3-8,11-17H,1-2H3,(H,27,28,31). The van der Waals surface area contributed by atoms with Gasteiger partial charge < -0.3 is 9.88 Å². The molecule has 31 heavy (non-hydrogen) atoms. The number of nitrogens with zero attached hydrogens (tertiary/aromatic N) is 5. The molecule has 0 aliphatic carbocycles. The van der Waals surface area contributed by atoms with E-state index in [0.29, 0.717) is 22.9 Å². The monoisotopic (exact) mass is 408 g/mol. The average molecular weight is 408 g/mol. The minimum absolute atomic E-state index is 0.195. The van der Waals surface area contributed by atoms with Crippen molar-refractivity contribution in [1.82, 2.24) is 24.7 Å². The fourth-order valence-corrected chi connectivity index (χ4v) is 2.94. The zero-order valence-electron chi connectivity index (χ0n) is 17.1. The van der Waals surface area contributed by atoms with Crippen LogP contribution in [-0.4, -0.2) is 30.6 Å². The zero-order valence-corrected chi connectivity index (χ0v) is 17.1. The molecule has 0 atom stereocenters. The summed E-state index contributed by atoms with van der Waals surface area (Å²) in [5, 5.41) is 11.0. The van der Waals surface area contributed by atoms with E-state index in [4.69, 9.17) is 0 Å². The van der Waals surface area contributed by atoms with Crippen molar-refractivity contribution in [1.29, 1.82) is 0 Å². The first-order chi connectivity index (χ1) is 15.1. The van der Waals surface area contributed by atoms with Crippen LogP contribution in [0, 0.1) is 11.8 Å². The van der Waals surface area contributed by atoms with E-state index in [9.17, 15) is 4.79 Å². The van der Waals surface area contributed by atoms with Gasteiger partial charge in [-0.05, 0) is 56.3 Å². The van der Waals surface area contributed by atoms with Gasteiger partial charge in [-0.25, -0.2) is 4.98 Å². The molecule has 1 amide bonds. The number of anilines is 1. The summed E-state index contributed by atoms with van der Waals surface area (Å²) in [4.78, 5) is 21.3. The number of hydrogen-bond donors (Lipinski definition) is 1. The van der Waals surface area contributed by atoms with Crippen LogP contribution in [0.3, 0.4) is 0 Å². The Morgan fingerprint density at radius 1 is 1.00 bits per heavy atom. The molecule has 0 bridgehead atoms. The normalized spacial score (nSPS) is 10.4. The van der Waals surface area contributed by atoms with Crippen LogP contribution in [0.4, 0.5) is 5.82 Å². The third-order valence-corrected chi connectivity index (χ3v) is 4.51. The maximum Gasteiger partial charge on any atom is 0.256 e. The minimum Gasteiger partial charge on any atom is -0.310 e. The predicted octanol–water partition coefficient (Wildman–Crippen LogP) is 3.97. The molecule has 152 valence electrons. The molecule has 1 N–H and O–H groups in total. The Morgan fingerprint density at radius 2 is 1.77 bits per heavy atom. The SMILES string of the molecule is CC(C)n1cnnc1-c1cccc(NC(=O)c2cccc(C#Cc3ccncc3)c2)n1. The van der Waals surface area contributed by atoms with Crippen molar-refractivity contribution in [3.05, 3.63) is 90.0 Å². The third-order valence-electron chi connectivity index (χ3n) is 4.51. The summed E-state index contributed by atoms with van der Waals surface area (Å²) < 4.78 is 1.93. The molecule has 3 aromatic heterocycles. The van der Waals surface area contributed by atoms with Crippen molar-refractivity contribution in [2.45, 2.75) is 19.9 Å². The Bertz CT molecular complexity index is 1270. The van der Waals surface area contributed by atoms with Gasteiger partial charge in [0.05, 0.1) is 0 Å². The van der Waals surface area contributed by atoms with Gasteiger partial charge in [0, 0.05) is 35.1 Å². The Labute approximate surface area is 180 Å². The van der Waals surface area contributed by atoms with E-state index in [1.165, 1.54) is 0 Å². The van der Waals surface area contributed by atoms with Crippen molar-refractivity contribution in [2.75, 3.05) is 5.32 Å². The lowest BCUT2D eigenvalue weighted by Crippen LogP contribution is -2.13. The first kappa shape index (κ1) is 20.0. The predicted molar refractivity (Wildman–Crippen MR) is 118 cm³/mol. The highest BCUT2D eigenvalue weighted by Crippen LogP contribution is 2.20. The van der Waals surface area contributed by atoms with E-state index in [-0.39, 0.29) is 11.9 Å². The van der Waals surface area contributed by atoms with Crippen molar-refractivity contribution in [2.24, 2.45) is 0 Å². The molecule has 0 fully saturated rings. The Morgan fingerprint density at radius 3 is 2.58 bits per heavy atom. The summed E-state index contributed by atoms with van der Waals surface area (Å²) >= 11 is 0. The van der Waals surface area contributed by atoms with Crippen molar-refractivity contribution in [3.63, 3.8) is 0 Å². The largest absolute Gasteiger partial charge is 0.310 e. The van der Waals surface area contributed by atoms with E-state index in [0.717, 1.165) is 11.1 Å². The highest BCUT2D eigenvalue weighted by atomic mass is 16.1. The quantitative estimate of drug-likeness (QED) is 0.517. The number of pyridine rings is 2. The lowest BCUT2D eigenvalue weighted by atomic mass is 10.1. The van der Waals surface area contributed by atoms with Crippen LogP contribution >= 0.6 is 0 Å². The van der Waals surface area contributed by atoms with Crippen molar-refractivity contribution in [3.8, 4) is 23.4 Å². The van der Waals surface area contributed by atoms with E-state index >= 15 is 0 Å². The lowest BCUT2D eigenvalue weighted by molar-refractivity contribution is 0.102. The highest BCUT2D eigenvalue weighted by Gasteiger charge is 2.13. The lowest BCUT2D eigenvalue weighted by Gasteiger charge is -2.10. The van der Waals surface area contributed by atoms with Crippen LogP contribution in [0.2, 0.25) is 0 Å². The van der Waals surface area contributed by atoms with E-state index in [1.54, 1.807) is 43.0 Å². The van der Waals surface area contributed by atoms with E-state index in [2.05, 4.69) is 37.3 Å². The third kappa shape index (κ3) is 4.82. The van der Waals surface area contributed by atoms with Gasteiger partial charge in [0.15, 0.2) is 5.82 Å². The molecule has 0 spiro atoms. The topological polar surface area (TPSA) is 85.6 Å². The number of benzene rings is 1. The molecule has 7 heteroatoms. The molecule has 0 radical (unpaired) electrons. The maximum atomic E-state index is 12.8. The molecule has 4 aromatic rings. The summed E-state index contributed by atoms with van der Waals surface area (Å²) in [5.41, 5.74) is 2.75. The number of hydrogen-bond acceptors (Lipinski definition) is 5. The van der Waals surface area contributed by atoms with E-state index in [1.807, 2.05) is 48.7 Å². The van der Waals surface area contributed by atoms with Crippen molar-refractivity contribution < 1.29 is 4.79 Å². The van der Waals surface area contributed by atoms with Crippen LogP contribution in [-0.2, 0) is 0 Å². The van der Waals surface area contributed by atoms with Gasteiger partial charge in [0.1, 0.15) is 17.8 Å². The summed E-state index contributed by atoms with van der Waals surface area (Å²) in [6.07, 6.45) is 5.06. The molecule has 7 nitrogen and oxygen atoms in total. The molecule has 0 aliphatic heterocycles. The molecule has 0 saturated carbocycles. The van der Waals surface area contributed by atoms with Crippen LogP contribution in [0.15, 0.2) is 73.3 Å². The van der Waals surface area contributed by atoms with Gasteiger partial charge in [0.2, 0.25) is 0 Å². The number of carbonyl (C=O) groups excluding carboxylic acids is 1. The molecule has 0 saturated heterocycles. The molecular weight excluding hydrogens is 388 g/mol. The molecular formula is C24H20N6O. The summed E-state index contributed by atoms with van der Waals surface area (Å²) in [6.45, 7) is 4.09. The summed E-state index contributed by atoms with van der Waals surface area (Å²) in [7, 11) is 0. The zero-order chi connectivity index (χ0) is 21.6. The molecule has 4 rings (SSSR count). The summed E-state index contributed by atoms with van der Waals surface area (Å²) in [5.74, 6) is 6.97. The van der Waals surface area contributed by atoms with E-state index < -0.39 is 0 Å². The average Bonchev–Trinajstić information content (AvgIpc) is 3.29. The highest BCUT2D eigenvalue weighted by molar-refractivity contribution is 6.04. The smallest absolute Gasteiger partial charge is 0.256 e. The Balaban J connectivity index is 1.53. The second kappa shape index (κ2) is 9.01. The first-order valence-corrected chi connectivity index (χ1v) is 9.80. The molecule has 1 aromatic carbocycles. The fourth-order valence-electron chi connectivity index (χ4n) is 2.94. The Kier molecular flexibility index (Phi) is 5.81. The number of aromatic nitrogens is 5. The van der Waals surface area contributed by atoms with Crippen LogP contribution in [0.5, 0.6) is 0 Å². The van der Waals surface area contributed by atoms with Crippen LogP contribution in [0.25, 0.3) is 11.5 Å². The van der Waals surface area contributed by atoms with Gasteiger partial charge in [-0.15, -0.1) is 10.2 Å². The molecule has 0 aliphatic rings. The number of rotatable bonds is 4. The van der Waals surface area contributed by atoms with Gasteiger partial charge in [-0.1, -0.05) is 24.0 Å². The molecule has 0 unspecified atom stereocenters. The van der Waals surface area contributed by atoms with Gasteiger partial charge in [-0.2, -0.15) is 0 Å². The van der Waals surface area contributed by atoms with Crippen molar-refractivity contribution >= 4 is 11.7 Å². The number of amides is 1. The maximum absolute atomic E-state index is 12.8. The fraction of sp³-hybridized carbons (Fsp3) is 0.125. The van der Waals surface area contributed by atoms with Gasteiger partial charge in [0.25, 0.3) is 5.91 Å².